The summed E-state index contributed by atoms with van der Waals surface area (Å²) in [6.07, 6.45) is 3.57. The van der Waals surface area contributed by atoms with Crippen molar-refractivity contribution in [2.24, 2.45) is 0 Å². The standard InChI is InChI=1S/C19H15N3O/c1-23-15-9-5-8-14(10-15)16-11-20-19-17(16)18(21-12-22-19)13-6-3-2-4-7-13/h2-12H,1H3,(H,20,21,22). The van der Waals surface area contributed by atoms with Crippen molar-refractivity contribution in [3.8, 4) is 28.1 Å². The lowest BCUT2D eigenvalue weighted by atomic mass is 10.0. The number of aromatic nitrogens is 3. The van der Waals surface area contributed by atoms with Crippen LogP contribution in [0.15, 0.2) is 67.1 Å². The minimum absolute atomic E-state index is 0.829. The van der Waals surface area contributed by atoms with Crippen molar-refractivity contribution >= 4 is 11.0 Å². The van der Waals surface area contributed by atoms with Crippen LogP contribution in [0.25, 0.3) is 33.4 Å². The lowest BCUT2D eigenvalue weighted by Crippen LogP contribution is -1.89. The van der Waals surface area contributed by atoms with Crippen LogP contribution in [-0.2, 0) is 0 Å². The monoisotopic (exact) mass is 301 g/mol. The third-order valence-corrected chi connectivity index (χ3v) is 3.90. The molecule has 0 saturated carbocycles. The Balaban J connectivity index is 1.98. The van der Waals surface area contributed by atoms with E-state index in [0.717, 1.165) is 39.2 Å². The second kappa shape index (κ2) is 5.57. The minimum Gasteiger partial charge on any atom is -0.497 e. The number of aromatic amines is 1. The first kappa shape index (κ1) is 13.5. The normalized spacial score (nSPS) is 10.8. The highest BCUT2D eigenvalue weighted by molar-refractivity contribution is 6.02. The van der Waals surface area contributed by atoms with Gasteiger partial charge in [-0.2, -0.15) is 0 Å². The molecule has 4 heteroatoms. The molecule has 23 heavy (non-hydrogen) atoms. The molecule has 2 aromatic heterocycles. The Bertz CT molecular complexity index is 961. The molecule has 4 aromatic rings. The van der Waals surface area contributed by atoms with Crippen LogP contribution in [0.1, 0.15) is 0 Å². The predicted molar refractivity (Wildman–Crippen MR) is 91.3 cm³/mol. The molecule has 4 rings (SSSR count). The molecule has 0 bridgehead atoms. The predicted octanol–water partition coefficient (Wildman–Crippen LogP) is 4.30. The molecule has 0 fully saturated rings. The number of hydrogen-bond donors (Lipinski definition) is 1. The molecular formula is C19H15N3O. The van der Waals surface area contributed by atoms with Crippen LogP contribution < -0.4 is 4.74 Å². The van der Waals surface area contributed by atoms with Crippen molar-refractivity contribution in [2.45, 2.75) is 0 Å². The van der Waals surface area contributed by atoms with Gasteiger partial charge in [-0.25, -0.2) is 9.97 Å². The van der Waals surface area contributed by atoms with Gasteiger partial charge in [0, 0.05) is 17.3 Å². The summed E-state index contributed by atoms with van der Waals surface area (Å²) in [7, 11) is 1.67. The van der Waals surface area contributed by atoms with Gasteiger partial charge in [0.2, 0.25) is 0 Å². The van der Waals surface area contributed by atoms with E-state index in [-0.39, 0.29) is 0 Å². The SMILES string of the molecule is COc1cccc(-c2c[nH]c3ncnc(-c4ccccc4)c23)c1. The van der Waals surface area contributed by atoms with Crippen molar-refractivity contribution < 1.29 is 4.74 Å². The van der Waals surface area contributed by atoms with Gasteiger partial charge < -0.3 is 9.72 Å². The zero-order valence-corrected chi connectivity index (χ0v) is 12.7. The highest BCUT2D eigenvalue weighted by Crippen LogP contribution is 2.35. The van der Waals surface area contributed by atoms with Gasteiger partial charge in [-0.15, -0.1) is 0 Å². The number of fused-ring (bicyclic) bond motifs is 1. The molecule has 112 valence electrons. The molecule has 0 atom stereocenters. The van der Waals surface area contributed by atoms with Crippen molar-refractivity contribution in [1.82, 2.24) is 15.0 Å². The van der Waals surface area contributed by atoms with E-state index in [1.807, 2.05) is 42.6 Å². The number of methoxy groups -OCH3 is 1. The van der Waals surface area contributed by atoms with E-state index in [1.54, 1.807) is 13.4 Å². The van der Waals surface area contributed by atoms with Gasteiger partial charge in [-0.1, -0.05) is 42.5 Å². The Kier molecular flexibility index (Phi) is 3.27. The fourth-order valence-electron chi connectivity index (χ4n) is 2.80. The Labute approximate surface area is 133 Å². The molecule has 1 N–H and O–H groups in total. The largest absolute Gasteiger partial charge is 0.497 e. The quantitative estimate of drug-likeness (QED) is 0.614. The fraction of sp³-hybridized carbons (Fsp3) is 0.0526. The minimum atomic E-state index is 0.829. The third kappa shape index (κ3) is 2.34. The fourth-order valence-corrected chi connectivity index (χ4v) is 2.80. The first-order valence-electron chi connectivity index (χ1n) is 7.39. The first-order valence-corrected chi connectivity index (χ1v) is 7.39. The Morgan fingerprint density at radius 2 is 1.74 bits per heavy atom. The molecule has 2 aromatic carbocycles. The zero-order chi connectivity index (χ0) is 15.6. The molecular weight excluding hydrogens is 286 g/mol. The maximum atomic E-state index is 5.34. The van der Waals surface area contributed by atoms with Crippen LogP contribution in [0.3, 0.4) is 0 Å². The van der Waals surface area contributed by atoms with Crippen molar-refractivity contribution in [3.05, 3.63) is 67.1 Å². The maximum Gasteiger partial charge on any atom is 0.141 e. The van der Waals surface area contributed by atoms with Crippen molar-refractivity contribution in [3.63, 3.8) is 0 Å². The lowest BCUT2D eigenvalue weighted by Gasteiger charge is -2.06. The molecule has 2 heterocycles. The number of ether oxygens (including phenoxy) is 1. The average Bonchev–Trinajstić information content (AvgIpc) is 3.07. The smallest absolute Gasteiger partial charge is 0.141 e. The van der Waals surface area contributed by atoms with E-state index in [1.165, 1.54) is 0 Å². The zero-order valence-electron chi connectivity index (χ0n) is 12.7. The van der Waals surface area contributed by atoms with E-state index in [0.29, 0.717) is 0 Å². The Morgan fingerprint density at radius 3 is 2.57 bits per heavy atom. The summed E-state index contributed by atoms with van der Waals surface area (Å²) in [4.78, 5) is 12.1. The van der Waals surface area contributed by atoms with E-state index < -0.39 is 0 Å². The molecule has 4 nitrogen and oxygen atoms in total. The van der Waals surface area contributed by atoms with Crippen molar-refractivity contribution in [1.29, 1.82) is 0 Å². The number of hydrogen-bond acceptors (Lipinski definition) is 3. The molecule has 0 aliphatic carbocycles. The van der Waals surface area contributed by atoms with Crippen LogP contribution in [0.5, 0.6) is 5.75 Å². The second-order valence-corrected chi connectivity index (χ2v) is 5.25. The molecule has 0 saturated heterocycles. The van der Waals surface area contributed by atoms with Gasteiger partial charge in [-0.3, -0.25) is 0 Å². The van der Waals surface area contributed by atoms with Crippen LogP contribution in [0.4, 0.5) is 0 Å². The highest BCUT2D eigenvalue weighted by Gasteiger charge is 2.14. The van der Waals surface area contributed by atoms with Gasteiger partial charge in [0.25, 0.3) is 0 Å². The molecule has 0 radical (unpaired) electrons. The molecule has 0 spiro atoms. The number of nitrogens with zero attached hydrogens (tertiary/aromatic N) is 2. The molecule has 0 unspecified atom stereocenters. The number of nitrogens with one attached hydrogen (secondary N) is 1. The summed E-state index contributed by atoms with van der Waals surface area (Å²) in [6, 6.07) is 18.2. The summed E-state index contributed by atoms with van der Waals surface area (Å²) in [5, 5.41) is 1.02. The highest BCUT2D eigenvalue weighted by atomic mass is 16.5. The first-order chi connectivity index (χ1) is 11.4. The summed E-state index contributed by atoms with van der Waals surface area (Å²) >= 11 is 0. The third-order valence-electron chi connectivity index (χ3n) is 3.90. The average molecular weight is 301 g/mol. The van der Waals surface area contributed by atoms with E-state index >= 15 is 0 Å². The summed E-state index contributed by atoms with van der Waals surface area (Å²) in [5.41, 5.74) is 4.97. The summed E-state index contributed by atoms with van der Waals surface area (Å²) in [5.74, 6) is 0.829. The van der Waals surface area contributed by atoms with E-state index in [9.17, 15) is 0 Å². The van der Waals surface area contributed by atoms with Crippen LogP contribution >= 0.6 is 0 Å². The molecule has 0 aliphatic rings. The maximum absolute atomic E-state index is 5.34. The van der Waals surface area contributed by atoms with Gasteiger partial charge in [0.05, 0.1) is 18.2 Å². The van der Waals surface area contributed by atoms with Gasteiger partial charge in [0.15, 0.2) is 0 Å². The van der Waals surface area contributed by atoms with E-state index in [4.69, 9.17) is 4.74 Å². The van der Waals surface area contributed by atoms with Crippen LogP contribution in [-0.4, -0.2) is 22.1 Å². The summed E-state index contributed by atoms with van der Waals surface area (Å²) < 4.78 is 5.34. The lowest BCUT2D eigenvalue weighted by molar-refractivity contribution is 0.415. The molecule has 0 amide bonds. The topological polar surface area (TPSA) is 50.8 Å². The Morgan fingerprint density at radius 1 is 0.913 bits per heavy atom. The van der Waals surface area contributed by atoms with E-state index in [2.05, 4.69) is 33.2 Å². The van der Waals surface area contributed by atoms with Crippen LogP contribution in [0, 0.1) is 0 Å². The van der Waals surface area contributed by atoms with Gasteiger partial charge in [0.1, 0.15) is 17.7 Å². The van der Waals surface area contributed by atoms with Gasteiger partial charge in [-0.05, 0) is 17.7 Å². The molecule has 0 aliphatic heterocycles. The second-order valence-electron chi connectivity index (χ2n) is 5.25. The summed E-state index contributed by atoms with van der Waals surface area (Å²) in [6.45, 7) is 0. The van der Waals surface area contributed by atoms with Gasteiger partial charge >= 0.3 is 0 Å². The number of benzene rings is 2. The number of rotatable bonds is 3. The Hall–Kier alpha value is -3.14. The van der Waals surface area contributed by atoms with Crippen LogP contribution in [0.2, 0.25) is 0 Å². The van der Waals surface area contributed by atoms with Crippen molar-refractivity contribution in [2.75, 3.05) is 7.11 Å². The number of H-pyrrole nitrogens is 1.